The molecule has 2 aromatic heterocycles. The third-order valence-corrected chi connectivity index (χ3v) is 14.8. The van der Waals surface area contributed by atoms with Crippen LogP contribution in [0, 0.1) is 0 Å². The second kappa shape index (κ2) is 14.0. The first-order valence-electron chi connectivity index (χ1n) is 23.0. The molecule has 0 saturated heterocycles. The maximum atomic E-state index is 3.84. The first-order valence-corrected chi connectivity index (χ1v) is 23.0. The highest BCUT2D eigenvalue weighted by Crippen LogP contribution is 2.57. The number of rotatable bonds is 5. The van der Waals surface area contributed by atoms with Crippen LogP contribution < -0.4 is 0 Å². The molecule has 1 aliphatic carbocycles. The number of aromatic amines is 1. The molecule has 2 heterocycles. The molecule has 1 N–H and O–H groups in total. The van der Waals surface area contributed by atoms with Crippen molar-refractivity contribution >= 4 is 65.2 Å². The lowest BCUT2D eigenvalue weighted by molar-refractivity contribution is 0.768. The summed E-state index contributed by atoms with van der Waals surface area (Å²) in [5.74, 6) is 0. The highest BCUT2D eigenvalue weighted by molar-refractivity contribution is 6.23. The van der Waals surface area contributed by atoms with Crippen LogP contribution in [0.3, 0.4) is 0 Å². The fourth-order valence-electron chi connectivity index (χ4n) is 12.1. The largest absolute Gasteiger partial charge is 0.354 e. The van der Waals surface area contributed by atoms with Crippen LogP contribution in [-0.2, 0) is 12.5 Å². The minimum atomic E-state index is -0.469. The number of fused-ring (bicyclic) bond motifs is 11. The summed E-state index contributed by atoms with van der Waals surface area (Å²) in [6.45, 7) is 0. The van der Waals surface area contributed by atoms with E-state index in [2.05, 4.69) is 247 Å². The number of para-hydroxylation sites is 4. The van der Waals surface area contributed by atoms with Gasteiger partial charge in [0.2, 0.25) is 0 Å². The Labute approximate surface area is 382 Å². The van der Waals surface area contributed by atoms with Crippen LogP contribution in [0.4, 0.5) is 0 Å². The van der Waals surface area contributed by atoms with E-state index in [0.717, 1.165) is 11.0 Å². The molecular formula is C64H42N2. The van der Waals surface area contributed by atoms with Gasteiger partial charge in [0.15, 0.2) is 0 Å². The minimum absolute atomic E-state index is 0.469. The normalized spacial score (nSPS) is 13.0. The SMILES string of the molecule is Cn1c2ccccc2c2cccc(-c3cccc4c(-c5ccc6c(c5)-c5ccccc5C6(c5ccccc5)c5ccccc5)c5cccc(-c6cccc7c6[nH]c6ccccc67)c5cc34)c21. The Morgan fingerprint density at radius 3 is 1.62 bits per heavy atom. The van der Waals surface area contributed by atoms with Crippen LogP contribution in [0.5, 0.6) is 0 Å². The number of hydrogen-bond donors (Lipinski definition) is 1. The number of aromatic nitrogens is 2. The Bertz CT molecular complexity index is 4070. The molecule has 66 heavy (non-hydrogen) atoms. The maximum absolute atomic E-state index is 3.84. The number of H-pyrrole nitrogens is 1. The van der Waals surface area contributed by atoms with Crippen molar-refractivity contribution in [2.75, 3.05) is 0 Å². The van der Waals surface area contributed by atoms with E-state index in [9.17, 15) is 0 Å². The highest BCUT2D eigenvalue weighted by Gasteiger charge is 2.46. The predicted molar refractivity (Wildman–Crippen MR) is 278 cm³/mol. The van der Waals surface area contributed by atoms with Crippen molar-refractivity contribution in [1.29, 1.82) is 0 Å². The van der Waals surface area contributed by atoms with E-state index in [-0.39, 0.29) is 0 Å². The van der Waals surface area contributed by atoms with Gasteiger partial charge in [-0.15, -0.1) is 0 Å². The molecule has 0 saturated carbocycles. The summed E-state index contributed by atoms with van der Waals surface area (Å²) in [7, 11) is 2.21. The monoisotopic (exact) mass is 838 g/mol. The van der Waals surface area contributed by atoms with Crippen LogP contribution in [0.2, 0.25) is 0 Å². The smallest absolute Gasteiger partial charge is 0.0713 e. The van der Waals surface area contributed by atoms with Gasteiger partial charge in [-0.05, 0) is 101 Å². The van der Waals surface area contributed by atoms with E-state index in [1.165, 1.54) is 121 Å². The fraction of sp³-hybridized carbons (Fsp3) is 0.0312. The zero-order valence-electron chi connectivity index (χ0n) is 36.4. The second-order valence-electron chi connectivity index (χ2n) is 18.0. The molecule has 0 spiro atoms. The Hall–Kier alpha value is -8.46. The Balaban J connectivity index is 1.10. The van der Waals surface area contributed by atoms with E-state index in [0.29, 0.717) is 0 Å². The van der Waals surface area contributed by atoms with Gasteiger partial charge < -0.3 is 9.55 Å². The molecular weight excluding hydrogens is 797 g/mol. The van der Waals surface area contributed by atoms with Crippen LogP contribution in [0.25, 0.3) is 110 Å². The lowest BCUT2D eigenvalue weighted by atomic mass is 9.67. The molecule has 0 fully saturated rings. The van der Waals surface area contributed by atoms with Crippen molar-refractivity contribution < 1.29 is 0 Å². The third-order valence-electron chi connectivity index (χ3n) is 14.8. The summed E-state index contributed by atoms with van der Waals surface area (Å²) in [6, 6.07) is 86.0. The Morgan fingerprint density at radius 2 is 0.879 bits per heavy atom. The topological polar surface area (TPSA) is 20.7 Å². The van der Waals surface area contributed by atoms with E-state index < -0.39 is 5.41 Å². The van der Waals surface area contributed by atoms with Gasteiger partial charge in [-0.1, -0.05) is 206 Å². The average Bonchev–Trinajstić information content (AvgIpc) is 4.02. The summed E-state index contributed by atoms with van der Waals surface area (Å²) in [5.41, 5.74) is 19.4. The molecule has 0 radical (unpaired) electrons. The van der Waals surface area contributed by atoms with Gasteiger partial charge in [-0.3, -0.25) is 0 Å². The van der Waals surface area contributed by atoms with Gasteiger partial charge in [0.25, 0.3) is 0 Å². The first-order chi connectivity index (χ1) is 32.7. The van der Waals surface area contributed by atoms with Crippen molar-refractivity contribution in [2.24, 2.45) is 7.05 Å². The van der Waals surface area contributed by atoms with E-state index >= 15 is 0 Å². The van der Waals surface area contributed by atoms with Gasteiger partial charge in [-0.2, -0.15) is 0 Å². The van der Waals surface area contributed by atoms with Crippen LogP contribution in [0.1, 0.15) is 22.3 Å². The predicted octanol–water partition coefficient (Wildman–Crippen LogP) is 16.6. The third kappa shape index (κ3) is 5.01. The molecule has 2 nitrogen and oxygen atoms in total. The van der Waals surface area contributed by atoms with Gasteiger partial charge >= 0.3 is 0 Å². The molecule has 13 aromatic rings. The molecule has 0 bridgehead atoms. The number of benzene rings is 11. The van der Waals surface area contributed by atoms with Crippen molar-refractivity contribution in [3.8, 4) is 44.5 Å². The van der Waals surface area contributed by atoms with Gasteiger partial charge in [0, 0.05) is 50.8 Å². The average molecular weight is 839 g/mol. The molecule has 0 unspecified atom stereocenters. The molecule has 2 heteroatoms. The zero-order chi connectivity index (χ0) is 43.5. The lowest BCUT2D eigenvalue weighted by Crippen LogP contribution is -2.28. The van der Waals surface area contributed by atoms with Crippen molar-refractivity contribution in [3.63, 3.8) is 0 Å². The number of nitrogens with one attached hydrogen (secondary N) is 1. The summed E-state index contributed by atoms with van der Waals surface area (Å²) in [6.07, 6.45) is 0. The quantitative estimate of drug-likeness (QED) is 0.167. The van der Waals surface area contributed by atoms with Gasteiger partial charge in [-0.25, -0.2) is 0 Å². The van der Waals surface area contributed by atoms with E-state index in [1.807, 2.05) is 0 Å². The Kier molecular flexibility index (Phi) is 7.85. The standard InChI is InChI=1S/C64H42N2/c1-66-60-35-13-10-24-47(60)53-32-17-31-52(63(53)66)44-26-15-28-49-55(44)39-54-43(50-29-16-30-51-46-23-9-12-34-59(46)65-62(50)51)25-14-27-48(54)61(49)40-36-37-58-56(38-40)45-22-8-11-33-57(45)64(58,41-18-4-2-5-19-41)42-20-6-3-7-21-42/h2-39,65H,1H3. The van der Waals surface area contributed by atoms with Gasteiger partial charge in [0.05, 0.1) is 16.4 Å². The lowest BCUT2D eigenvalue weighted by Gasteiger charge is -2.33. The number of aryl methyl sites for hydroxylation is 1. The van der Waals surface area contributed by atoms with Crippen LogP contribution in [0.15, 0.2) is 231 Å². The van der Waals surface area contributed by atoms with Crippen molar-refractivity contribution in [1.82, 2.24) is 9.55 Å². The van der Waals surface area contributed by atoms with Crippen LogP contribution in [-0.4, -0.2) is 9.55 Å². The first kappa shape index (κ1) is 37.0. The van der Waals surface area contributed by atoms with E-state index in [1.54, 1.807) is 0 Å². The van der Waals surface area contributed by atoms with Crippen molar-refractivity contribution in [2.45, 2.75) is 5.41 Å². The maximum Gasteiger partial charge on any atom is 0.0713 e. The van der Waals surface area contributed by atoms with Gasteiger partial charge in [0.1, 0.15) is 0 Å². The van der Waals surface area contributed by atoms with Crippen molar-refractivity contribution in [3.05, 3.63) is 253 Å². The molecule has 14 rings (SSSR count). The zero-order valence-corrected chi connectivity index (χ0v) is 36.4. The number of nitrogens with zero attached hydrogens (tertiary/aromatic N) is 1. The number of hydrogen-bond acceptors (Lipinski definition) is 0. The van der Waals surface area contributed by atoms with E-state index in [4.69, 9.17) is 0 Å². The molecule has 0 aliphatic heterocycles. The summed E-state index contributed by atoms with van der Waals surface area (Å²) < 4.78 is 2.38. The Morgan fingerprint density at radius 1 is 0.348 bits per heavy atom. The van der Waals surface area contributed by atoms with Crippen LogP contribution >= 0.6 is 0 Å². The molecule has 1 aliphatic rings. The minimum Gasteiger partial charge on any atom is -0.354 e. The summed E-state index contributed by atoms with van der Waals surface area (Å²) in [4.78, 5) is 3.84. The molecule has 308 valence electrons. The fourth-order valence-corrected chi connectivity index (χ4v) is 12.1. The molecule has 11 aromatic carbocycles. The summed E-state index contributed by atoms with van der Waals surface area (Å²) in [5, 5.41) is 9.96. The highest BCUT2D eigenvalue weighted by atomic mass is 14.9. The second-order valence-corrected chi connectivity index (χ2v) is 18.0. The molecule has 0 amide bonds. The molecule has 0 atom stereocenters. The summed E-state index contributed by atoms with van der Waals surface area (Å²) >= 11 is 0.